The predicted octanol–water partition coefficient (Wildman–Crippen LogP) is 4.05. The van der Waals surface area contributed by atoms with Gasteiger partial charge in [0.05, 0.1) is 18.2 Å². The molecule has 1 aliphatic rings. The van der Waals surface area contributed by atoms with E-state index in [9.17, 15) is 13.2 Å². The lowest BCUT2D eigenvalue weighted by molar-refractivity contribution is -0.137. The highest BCUT2D eigenvalue weighted by Gasteiger charge is 2.31. The maximum absolute atomic E-state index is 12.8. The van der Waals surface area contributed by atoms with Crippen LogP contribution in [-0.4, -0.2) is 13.2 Å². The average Bonchev–Trinajstić information content (AvgIpc) is 2.45. The summed E-state index contributed by atoms with van der Waals surface area (Å²) in [7, 11) is 0. The summed E-state index contributed by atoms with van der Waals surface area (Å²) in [6, 6.07) is 5.09. The number of allylic oxidation sites excluding steroid dienone is 1. The zero-order chi connectivity index (χ0) is 14.6. The van der Waals surface area contributed by atoms with Crippen molar-refractivity contribution in [3.05, 3.63) is 47.2 Å². The molecule has 0 aliphatic carbocycles. The van der Waals surface area contributed by atoms with Crippen LogP contribution >= 0.6 is 0 Å². The van der Waals surface area contributed by atoms with Gasteiger partial charge in [-0.2, -0.15) is 13.2 Å². The fraction of sp³-hybridized carbons (Fsp3) is 0.467. The first-order valence-corrected chi connectivity index (χ1v) is 6.75. The third kappa shape index (κ3) is 3.54. The molecule has 0 saturated heterocycles. The number of hydrogen-bond acceptors (Lipinski definition) is 2. The topological polar surface area (TPSA) is 21.3 Å². The van der Waals surface area contributed by atoms with Crippen molar-refractivity contribution in [1.29, 1.82) is 0 Å². The zero-order valence-electron chi connectivity index (χ0n) is 11.3. The largest absolute Gasteiger partial charge is 0.496 e. The number of nitrogens with one attached hydrogen (secondary N) is 1. The molecule has 5 heteroatoms. The van der Waals surface area contributed by atoms with E-state index in [1.54, 1.807) is 6.07 Å². The second kappa shape index (κ2) is 6.31. The van der Waals surface area contributed by atoms with Crippen LogP contribution in [0.3, 0.4) is 0 Å². The van der Waals surface area contributed by atoms with Gasteiger partial charge in [0.15, 0.2) is 0 Å². The van der Waals surface area contributed by atoms with Gasteiger partial charge in [-0.25, -0.2) is 0 Å². The van der Waals surface area contributed by atoms with E-state index in [1.165, 1.54) is 12.1 Å². The lowest BCUT2D eigenvalue weighted by Gasteiger charge is -2.25. The molecule has 0 spiro atoms. The minimum atomic E-state index is -4.32. The summed E-state index contributed by atoms with van der Waals surface area (Å²) in [5, 5.41) is 3.19. The van der Waals surface area contributed by atoms with Gasteiger partial charge in [0.25, 0.3) is 0 Å². The Morgan fingerprint density at radius 1 is 1.35 bits per heavy atom. The van der Waals surface area contributed by atoms with Crippen molar-refractivity contribution in [2.75, 3.05) is 13.2 Å². The van der Waals surface area contributed by atoms with Crippen molar-refractivity contribution in [3.8, 4) is 0 Å². The molecule has 1 aliphatic heterocycles. The zero-order valence-corrected chi connectivity index (χ0v) is 11.3. The number of benzene rings is 1. The Hall–Kier alpha value is -1.49. The quantitative estimate of drug-likeness (QED) is 0.901. The summed E-state index contributed by atoms with van der Waals surface area (Å²) in [4.78, 5) is 0. The molecule has 0 aromatic heterocycles. The number of ether oxygens (including phenoxy) is 1. The molecule has 0 amide bonds. The summed E-state index contributed by atoms with van der Waals surface area (Å²) in [6.45, 7) is 3.19. The smallest absolute Gasteiger partial charge is 0.416 e. The van der Waals surface area contributed by atoms with Gasteiger partial charge in [0.2, 0.25) is 0 Å². The van der Waals surface area contributed by atoms with Gasteiger partial charge in [-0.1, -0.05) is 19.1 Å². The Bertz CT molecular complexity index is 482. The van der Waals surface area contributed by atoms with Crippen LogP contribution in [0, 0.1) is 0 Å². The summed E-state index contributed by atoms with van der Waals surface area (Å²) in [5.74, 6) is 0.720. The lowest BCUT2D eigenvalue weighted by Crippen LogP contribution is -2.25. The first-order chi connectivity index (χ1) is 9.52. The lowest BCUT2D eigenvalue weighted by atomic mass is 10.0. The van der Waals surface area contributed by atoms with E-state index in [-0.39, 0.29) is 6.04 Å². The minimum absolute atomic E-state index is 0.317. The number of rotatable bonds is 4. The van der Waals surface area contributed by atoms with Gasteiger partial charge in [-0.3, -0.25) is 0 Å². The number of alkyl halides is 3. The molecule has 0 bridgehead atoms. The summed E-state index contributed by atoms with van der Waals surface area (Å²) >= 11 is 0. The van der Waals surface area contributed by atoms with Crippen molar-refractivity contribution >= 4 is 0 Å². The van der Waals surface area contributed by atoms with E-state index in [4.69, 9.17) is 4.74 Å². The fourth-order valence-corrected chi connectivity index (χ4v) is 2.26. The van der Waals surface area contributed by atoms with Gasteiger partial charge < -0.3 is 10.1 Å². The van der Waals surface area contributed by atoms with Crippen LogP contribution in [0.5, 0.6) is 0 Å². The monoisotopic (exact) mass is 285 g/mol. The van der Waals surface area contributed by atoms with Gasteiger partial charge in [-0.15, -0.1) is 0 Å². The molecular formula is C15H18F3NO. The number of likely N-dealkylation sites (N-methyl/N-ethyl adjacent to an activating group) is 1. The first-order valence-electron chi connectivity index (χ1n) is 6.75. The molecule has 1 aromatic carbocycles. The standard InChI is InChI=1S/C15H18F3NO/c1-2-19-14(13-8-3-4-9-20-13)11-6-5-7-12(10-11)15(16,17)18/h5-8,10,14,19H,2-4,9H2,1H3. The summed E-state index contributed by atoms with van der Waals surface area (Å²) in [6.07, 6.45) is -0.521. The van der Waals surface area contributed by atoms with E-state index < -0.39 is 11.7 Å². The first kappa shape index (κ1) is 14.9. The third-order valence-electron chi connectivity index (χ3n) is 3.20. The SMILES string of the molecule is CCNC(C1=CCCCO1)c1cccc(C(F)(F)F)c1. The normalized spacial score (nSPS) is 17.3. The van der Waals surface area contributed by atoms with Crippen LogP contribution < -0.4 is 5.32 Å². The average molecular weight is 285 g/mol. The summed E-state index contributed by atoms with van der Waals surface area (Å²) < 4.78 is 44.0. The van der Waals surface area contributed by atoms with E-state index in [1.807, 2.05) is 13.0 Å². The van der Waals surface area contributed by atoms with E-state index in [0.717, 1.165) is 24.7 Å². The fourth-order valence-electron chi connectivity index (χ4n) is 2.26. The molecular weight excluding hydrogens is 267 g/mol. The third-order valence-corrected chi connectivity index (χ3v) is 3.20. The molecule has 1 aromatic rings. The van der Waals surface area contributed by atoms with Crippen LogP contribution in [0.2, 0.25) is 0 Å². The van der Waals surface area contributed by atoms with Crippen molar-refractivity contribution in [1.82, 2.24) is 5.32 Å². The highest BCUT2D eigenvalue weighted by molar-refractivity contribution is 5.32. The van der Waals surface area contributed by atoms with Gasteiger partial charge >= 0.3 is 6.18 Å². The second-order valence-corrected chi connectivity index (χ2v) is 4.71. The van der Waals surface area contributed by atoms with E-state index in [0.29, 0.717) is 18.7 Å². The van der Waals surface area contributed by atoms with Gasteiger partial charge in [0, 0.05) is 0 Å². The van der Waals surface area contributed by atoms with Crippen LogP contribution in [0.25, 0.3) is 0 Å². The molecule has 1 atom stereocenters. The molecule has 0 radical (unpaired) electrons. The van der Waals surface area contributed by atoms with Crippen molar-refractivity contribution in [3.63, 3.8) is 0 Å². The van der Waals surface area contributed by atoms with Crippen molar-refractivity contribution < 1.29 is 17.9 Å². The number of hydrogen-bond donors (Lipinski definition) is 1. The maximum Gasteiger partial charge on any atom is 0.416 e. The highest BCUT2D eigenvalue weighted by Crippen LogP contribution is 2.33. The molecule has 20 heavy (non-hydrogen) atoms. The molecule has 0 fully saturated rings. The molecule has 1 N–H and O–H groups in total. The summed E-state index contributed by atoms with van der Waals surface area (Å²) in [5.41, 5.74) is -0.0517. The van der Waals surface area contributed by atoms with Crippen LogP contribution in [0.15, 0.2) is 36.1 Å². The van der Waals surface area contributed by atoms with Gasteiger partial charge in [0.1, 0.15) is 5.76 Å². The molecule has 110 valence electrons. The van der Waals surface area contributed by atoms with Crippen LogP contribution in [-0.2, 0) is 10.9 Å². The van der Waals surface area contributed by atoms with Crippen LogP contribution in [0.4, 0.5) is 13.2 Å². The van der Waals surface area contributed by atoms with Gasteiger partial charge in [-0.05, 0) is 43.2 Å². The van der Waals surface area contributed by atoms with E-state index in [2.05, 4.69) is 5.32 Å². The Balaban J connectivity index is 2.31. The van der Waals surface area contributed by atoms with Crippen molar-refractivity contribution in [2.45, 2.75) is 32.0 Å². The predicted molar refractivity (Wildman–Crippen MR) is 71.1 cm³/mol. The molecule has 1 unspecified atom stereocenters. The molecule has 1 heterocycles. The van der Waals surface area contributed by atoms with E-state index >= 15 is 0 Å². The number of halogens is 3. The molecule has 2 nitrogen and oxygen atoms in total. The van der Waals surface area contributed by atoms with Crippen LogP contribution in [0.1, 0.15) is 36.9 Å². The maximum atomic E-state index is 12.8. The van der Waals surface area contributed by atoms with Crippen molar-refractivity contribution in [2.24, 2.45) is 0 Å². The Morgan fingerprint density at radius 3 is 2.75 bits per heavy atom. The minimum Gasteiger partial charge on any atom is -0.496 e. The Kier molecular flexibility index (Phi) is 4.70. The second-order valence-electron chi connectivity index (χ2n) is 4.71. The molecule has 2 rings (SSSR count). The Labute approximate surface area is 116 Å². The molecule has 0 saturated carbocycles. The highest BCUT2D eigenvalue weighted by atomic mass is 19.4. The Morgan fingerprint density at radius 2 is 2.15 bits per heavy atom.